The molecule has 3 nitrogen and oxygen atoms in total. The summed E-state index contributed by atoms with van der Waals surface area (Å²) in [6, 6.07) is 7.90. The van der Waals surface area contributed by atoms with Crippen molar-refractivity contribution in [3.05, 3.63) is 50.7 Å². The standard InChI is InChI=1S/C18H18ClNO2S/c1-2-14-13-6-8-23-17(13)5-7-20(14)18(21)16-10-11-9-12(19)3-4-15(11)22-16/h3-4,6,8-9,14,16H,2,5,7,10H2,1H3/t14-,16-/m1/s1. The molecule has 23 heavy (non-hydrogen) atoms. The summed E-state index contributed by atoms with van der Waals surface area (Å²) in [5, 5.41) is 2.82. The van der Waals surface area contributed by atoms with E-state index < -0.39 is 6.10 Å². The van der Waals surface area contributed by atoms with Crippen molar-refractivity contribution < 1.29 is 9.53 Å². The summed E-state index contributed by atoms with van der Waals surface area (Å²) < 4.78 is 5.89. The third kappa shape index (κ3) is 2.54. The number of benzene rings is 1. The quantitative estimate of drug-likeness (QED) is 0.813. The van der Waals surface area contributed by atoms with Gasteiger partial charge in [-0.05, 0) is 53.6 Å². The summed E-state index contributed by atoms with van der Waals surface area (Å²) in [7, 11) is 0. The highest BCUT2D eigenvalue weighted by Crippen LogP contribution is 2.37. The lowest BCUT2D eigenvalue weighted by molar-refractivity contribution is -0.141. The molecule has 4 rings (SSSR count). The predicted molar refractivity (Wildman–Crippen MR) is 92.3 cm³/mol. The molecule has 0 bridgehead atoms. The Morgan fingerprint density at radius 2 is 2.30 bits per heavy atom. The van der Waals surface area contributed by atoms with Crippen molar-refractivity contribution in [2.75, 3.05) is 6.54 Å². The topological polar surface area (TPSA) is 29.5 Å². The van der Waals surface area contributed by atoms with Crippen molar-refractivity contribution in [2.45, 2.75) is 38.3 Å². The first-order chi connectivity index (χ1) is 11.2. The van der Waals surface area contributed by atoms with Gasteiger partial charge in [0, 0.05) is 22.9 Å². The number of nitrogens with zero attached hydrogens (tertiary/aromatic N) is 1. The first-order valence-corrected chi connectivity index (χ1v) is 9.25. The Hall–Kier alpha value is -1.52. The third-order valence-electron chi connectivity index (χ3n) is 4.74. The number of fused-ring (bicyclic) bond motifs is 2. The zero-order valence-corrected chi connectivity index (χ0v) is 14.5. The molecule has 2 aliphatic heterocycles. The monoisotopic (exact) mass is 347 g/mol. The fraction of sp³-hybridized carbons (Fsp3) is 0.389. The molecule has 1 aromatic carbocycles. The van der Waals surface area contributed by atoms with Crippen LogP contribution in [0.15, 0.2) is 29.6 Å². The van der Waals surface area contributed by atoms with Crippen molar-refractivity contribution in [3.63, 3.8) is 0 Å². The van der Waals surface area contributed by atoms with Gasteiger partial charge >= 0.3 is 0 Å². The summed E-state index contributed by atoms with van der Waals surface area (Å²) in [5.41, 5.74) is 2.34. The number of hydrogen-bond acceptors (Lipinski definition) is 3. The normalized spacial score (nSPS) is 22.4. The minimum absolute atomic E-state index is 0.0982. The van der Waals surface area contributed by atoms with Crippen LogP contribution in [0.1, 0.15) is 35.4 Å². The van der Waals surface area contributed by atoms with Crippen molar-refractivity contribution >= 4 is 28.8 Å². The summed E-state index contributed by atoms with van der Waals surface area (Å²) in [4.78, 5) is 16.5. The highest BCUT2D eigenvalue weighted by atomic mass is 35.5. The van der Waals surface area contributed by atoms with Gasteiger partial charge in [-0.25, -0.2) is 0 Å². The average molecular weight is 348 g/mol. The first-order valence-electron chi connectivity index (χ1n) is 7.99. The van der Waals surface area contributed by atoms with E-state index in [1.807, 2.05) is 17.0 Å². The van der Waals surface area contributed by atoms with Gasteiger partial charge in [0.25, 0.3) is 5.91 Å². The van der Waals surface area contributed by atoms with Gasteiger partial charge < -0.3 is 9.64 Å². The summed E-state index contributed by atoms with van der Waals surface area (Å²) in [6.07, 6.45) is 2.07. The van der Waals surface area contributed by atoms with Gasteiger partial charge in [0.1, 0.15) is 5.75 Å². The highest BCUT2D eigenvalue weighted by Gasteiger charge is 2.37. The SMILES string of the molecule is CC[C@@H]1c2ccsc2CCN1C(=O)[C@H]1Cc2cc(Cl)ccc2O1. The van der Waals surface area contributed by atoms with Gasteiger partial charge in [-0.2, -0.15) is 0 Å². The second-order valence-electron chi connectivity index (χ2n) is 6.07. The molecule has 0 saturated carbocycles. The van der Waals surface area contributed by atoms with Gasteiger partial charge in [0.05, 0.1) is 6.04 Å². The van der Waals surface area contributed by atoms with Crippen molar-refractivity contribution in [1.82, 2.24) is 4.90 Å². The van der Waals surface area contributed by atoms with E-state index in [1.165, 1.54) is 10.4 Å². The van der Waals surface area contributed by atoms with Gasteiger partial charge in [-0.15, -0.1) is 11.3 Å². The van der Waals surface area contributed by atoms with Crippen LogP contribution >= 0.6 is 22.9 Å². The van der Waals surface area contributed by atoms with Crippen molar-refractivity contribution in [1.29, 1.82) is 0 Å². The number of halogens is 1. The van der Waals surface area contributed by atoms with Crippen LogP contribution in [0.5, 0.6) is 5.75 Å². The van der Waals surface area contributed by atoms with Crippen LogP contribution in [0.3, 0.4) is 0 Å². The third-order valence-corrected chi connectivity index (χ3v) is 5.97. The van der Waals surface area contributed by atoms with Crippen LogP contribution in [0, 0.1) is 0 Å². The van der Waals surface area contributed by atoms with E-state index in [0.29, 0.717) is 11.4 Å². The molecule has 1 amide bonds. The number of rotatable bonds is 2. The zero-order chi connectivity index (χ0) is 16.0. The van der Waals surface area contributed by atoms with E-state index in [2.05, 4.69) is 18.4 Å². The smallest absolute Gasteiger partial charge is 0.264 e. The van der Waals surface area contributed by atoms with E-state index in [4.69, 9.17) is 16.3 Å². The maximum atomic E-state index is 13.0. The predicted octanol–water partition coefficient (Wildman–Crippen LogP) is 4.24. The minimum Gasteiger partial charge on any atom is -0.480 e. The molecule has 3 heterocycles. The van der Waals surface area contributed by atoms with Crippen molar-refractivity contribution in [3.8, 4) is 5.75 Å². The lowest BCUT2D eigenvalue weighted by Crippen LogP contribution is -2.46. The molecular weight excluding hydrogens is 330 g/mol. The molecule has 0 saturated heterocycles. The molecule has 0 radical (unpaired) electrons. The summed E-state index contributed by atoms with van der Waals surface area (Å²) >= 11 is 7.84. The molecule has 2 aromatic rings. The molecule has 0 spiro atoms. The summed E-state index contributed by atoms with van der Waals surface area (Å²) in [6.45, 7) is 2.92. The van der Waals surface area contributed by atoms with E-state index in [1.54, 1.807) is 17.4 Å². The van der Waals surface area contributed by atoms with Gasteiger partial charge in [0.2, 0.25) is 0 Å². The average Bonchev–Trinajstić information content (AvgIpc) is 3.18. The van der Waals surface area contributed by atoms with Crippen LogP contribution in [0.25, 0.3) is 0 Å². The Labute approximate surface area is 144 Å². The fourth-order valence-electron chi connectivity index (χ4n) is 3.64. The van der Waals surface area contributed by atoms with E-state index in [9.17, 15) is 4.79 Å². The maximum Gasteiger partial charge on any atom is 0.264 e. The number of amides is 1. The van der Waals surface area contributed by atoms with Crippen LogP contribution in [0.4, 0.5) is 0 Å². The Morgan fingerprint density at radius 3 is 3.13 bits per heavy atom. The van der Waals surface area contributed by atoms with Crippen LogP contribution in [-0.2, 0) is 17.6 Å². The maximum absolute atomic E-state index is 13.0. The van der Waals surface area contributed by atoms with E-state index >= 15 is 0 Å². The zero-order valence-electron chi connectivity index (χ0n) is 12.9. The number of ether oxygens (including phenoxy) is 1. The Morgan fingerprint density at radius 1 is 1.43 bits per heavy atom. The van der Waals surface area contributed by atoms with Gasteiger partial charge in [-0.1, -0.05) is 18.5 Å². The summed E-state index contributed by atoms with van der Waals surface area (Å²) in [5.74, 6) is 0.884. The lowest BCUT2D eigenvalue weighted by Gasteiger charge is -2.36. The molecule has 5 heteroatoms. The molecule has 2 atom stereocenters. The number of carbonyl (C=O) groups is 1. The lowest BCUT2D eigenvalue weighted by atomic mass is 9.96. The van der Waals surface area contributed by atoms with Gasteiger partial charge in [-0.3, -0.25) is 4.79 Å². The molecule has 0 N–H and O–H groups in total. The second kappa shape index (κ2) is 5.84. The Kier molecular flexibility index (Phi) is 3.82. The molecule has 0 fully saturated rings. The Bertz CT molecular complexity index is 757. The van der Waals surface area contributed by atoms with Crippen LogP contribution in [0.2, 0.25) is 5.02 Å². The second-order valence-corrected chi connectivity index (χ2v) is 7.50. The molecule has 2 aliphatic rings. The molecule has 120 valence electrons. The van der Waals surface area contributed by atoms with E-state index in [-0.39, 0.29) is 11.9 Å². The van der Waals surface area contributed by atoms with Crippen molar-refractivity contribution in [2.24, 2.45) is 0 Å². The molecular formula is C18H18ClNO2S. The van der Waals surface area contributed by atoms with Crippen LogP contribution < -0.4 is 4.74 Å². The highest BCUT2D eigenvalue weighted by molar-refractivity contribution is 7.10. The Balaban J connectivity index is 1.56. The number of carbonyl (C=O) groups excluding carboxylic acids is 1. The minimum atomic E-state index is -0.419. The number of hydrogen-bond donors (Lipinski definition) is 0. The molecule has 0 unspecified atom stereocenters. The van der Waals surface area contributed by atoms with Gasteiger partial charge in [0.15, 0.2) is 6.10 Å². The van der Waals surface area contributed by atoms with E-state index in [0.717, 1.165) is 30.7 Å². The largest absolute Gasteiger partial charge is 0.480 e. The molecule has 0 aliphatic carbocycles. The first kappa shape index (κ1) is 15.0. The number of thiophene rings is 1. The van der Waals surface area contributed by atoms with Crippen LogP contribution in [-0.4, -0.2) is 23.5 Å². The fourth-order valence-corrected chi connectivity index (χ4v) is 4.76. The molecule has 1 aromatic heterocycles.